The van der Waals surface area contributed by atoms with Crippen molar-refractivity contribution < 1.29 is 4.74 Å². The van der Waals surface area contributed by atoms with E-state index in [4.69, 9.17) is 4.74 Å². The molecule has 0 amide bonds. The van der Waals surface area contributed by atoms with Crippen LogP contribution in [0.4, 0.5) is 17.1 Å². The van der Waals surface area contributed by atoms with E-state index in [2.05, 4.69) is 217 Å². The first-order valence-electron chi connectivity index (χ1n) is 18.9. The van der Waals surface area contributed by atoms with Gasteiger partial charge in [-0.1, -0.05) is 170 Å². The fourth-order valence-electron chi connectivity index (χ4n) is 9.15. The molecule has 0 saturated heterocycles. The average molecular weight is 702 g/mol. The number of rotatable bonds is 5. The molecule has 2 aliphatic rings. The second kappa shape index (κ2) is 12.5. The molecule has 1 spiro atoms. The quantitative estimate of drug-likeness (QED) is 0.177. The Morgan fingerprint density at radius 3 is 1.82 bits per heavy atom. The summed E-state index contributed by atoms with van der Waals surface area (Å²) in [5, 5.41) is 2.30. The third-order valence-corrected chi connectivity index (χ3v) is 11.5. The molecule has 1 heterocycles. The number of ether oxygens (including phenoxy) is 1. The maximum atomic E-state index is 6.86. The molecule has 2 nitrogen and oxygen atoms in total. The molecule has 0 aromatic heterocycles. The number of hydrogen-bond acceptors (Lipinski definition) is 2. The molecule has 2 heteroatoms. The molecule has 0 saturated carbocycles. The number of nitrogens with zero attached hydrogens (tertiary/aromatic N) is 1. The van der Waals surface area contributed by atoms with Crippen molar-refractivity contribution in [1.29, 1.82) is 0 Å². The largest absolute Gasteiger partial charge is 0.456 e. The Hall–Kier alpha value is -7.16. The van der Waals surface area contributed by atoms with Gasteiger partial charge in [-0.05, 0) is 86.8 Å². The van der Waals surface area contributed by atoms with E-state index >= 15 is 0 Å². The number of hydrogen-bond donors (Lipinski definition) is 0. The second-order valence-corrected chi connectivity index (χ2v) is 14.4. The number of benzene rings is 9. The first kappa shape index (κ1) is 31.4. The molecule has 0 N–H and O–H groups in total. The van der Waals surface area contributed by atoms with Crippen molar-refractivity contribution in [3.63, 3.8) is 0 Å². The maximum absolute atomic E-state index is 6.86. The first-order chi connectivity index (χ1) is 27.3. The average Bonchev–Trinajstić information content (AvgIpc) is 3.55. The summed E-state index contributed by atoms with van der Waals surface area (Å²) in [5.41, 5.74) is 15.0. The molecule has 1 aliphatic heterocycles. The maximum Gasteiger partial charge on any atom is 0.140 e. The molecular weight excluding hydrogens is 667 g/mol. The highest BCUT2D eigenvalue weighted by Gasteiger charge is 2.51. The molecule has 1 atom stereocenters. The molecule has 9 aromatic carbocycles. The lowest BCUT2D eigenvalue weighted by atomic mass is 9.65. The van der Waals surface area contributed by atoms with Crippen molar-refractivity contribution in [3.8, 4) is 44.9 Å². The summed E-state index contributed by atoms with van der Waals surface area (Å²) in [7, 11) is 0. The van der Waals surface area contributed by atoms with Gasteiger partial charge in [0, 0.05) is 33.5 Å². The SMILES string of the molecule is c1ccc(-c2ccccc2N(c2ccccc2)c2ccc(-c3ccc4c(c3)C3(c5ccccc5Oc5c3ccc3ccccc53)c3ccccc3-4)cc2)cc1. The van der Waals surface area contributed by atoms with E-state index in [9.17, 15) is 0 Å². The van der Waals surface area contributed by atoms with Crippen LogP contribution in [0.2, 0.25) is 0 Å². The van der Waals surface area contributed by atoms with Crippen molar-refractivity contribution >= 4 is 27.8 Å². The van der Waals surface area contributed by atoms with Gasteiger partial charge >= 0.3 is 0 Å². The van der Waals surface area contributed by atoms with E-state index in [0.29, 0.717) is 0 Å². The molecule has 11 rings (SSSR count). The molecule has 0 radical (unpaired) electrons. The fourth-order valence-corrected chi connectivity index (χ4v) is 9.15. The molecule has 0 fully saturated rings. The van der Waals surface area contributed by atoms with Crippen LogP contribution in [0.25, 0.3) is 44.2 Å². The van der Waals surface area contributed by atoms with E-state index in [1.807, 2.05) is 0 Å². The minimum Gasteiger partial charge on any atom is -0.456 e. The zero-order valence-electron chi connectivity index (χ0n) is 30.1. The normalized spacial score (nSPS) is 14.8. The van der Waals surface area contributed by atoms with Crippen molar-refractivity contribution in [3.05, 3.63) is 235 Å². The highest BCUT2D eigenvalue weighted by atomic mass is 16.5. The fraction of sp³-hybridized carbons (Fsp3) is 0.0189. The van der Waals surface area contributed by atoms with Crippen LogP contribution < -0.4 is 9.64 Å². The topological polar surface area (TPSA) is 12.5 Å². The summed E-state index contributed by atoms with van der Waals surface area (Å²) in [6, 6.07) is 76.7. The predicted octanol–water partition coefficient (Wildman–Crippen LogP) is 14.1. The van der Waals surface area contributed by atoms with E-state index in [-0.39, 0.29) is 0 Å². The van der Waals surface area contributed by atoms with Crippen molar-refractivity contribution in [2.24, 2.45) is 0 Å². The third kappa shape index (κ3) is 4.75. The molecule has 1 aliphatic carbocycles. The van der Waals surface area contributed by atoms with Gasteiger partial charge < -0.3 is 9.64 Å². The summed E-state index contributed by atoms with van der Waals surface area (Å²) in [6.07, 6.45) is 0. The smallest absolute Gasteiger partial charge is 0.140 e. The Balaban J connectivity index is 1.08. The summed E-state index contributed by atoms with van der Waals surface area (Å²) < 4.78 is 6.86. The van der Waals surface area contributed by atoms with Crippen LogP contribution in [0.15, 0.2) is 212 Å². The minimum absolute atomic E-state index is 0.540. The van der Waals surface area contributed by atoms with Crippen molar-refractivity contribution in [1.82, 2.24) is 0 Å². The summed E-state index contributed by atoms with van der Waals surface area (Å²) in [5.74, 6) is 1.84. The summed E-state index contributed by atoms with van der Waals surface area (Å²) in [4.78, 5) is 2.36. The van der Waals surface area contributed by atoms with Gasteiger partial charge in [0.2, 0.25) is 0 Å². The number of fused-ring (bicyclic) bond motifs is 11. The van der Waals surface area contributed by atoms with Crippen LogP contribution in [0.5, 0.6) is 11.5 Å². The van der Waals surface area contributed by atoms with E-state index < -0.39 is 5.41 Å². The Morgan fingerprint density at radius 2 is 0.982 bits per heavy atom. The molecule has 9 aromatic rings. The molecule has 258 valence electrons. The minimum atomic E-state index is -0.540. The summed E-state index contributed by atoms with van der Waals surface area (Å²) in [6.45, 7) is 0. The highest BCUT2D eigenvalue weighted by Crippen LogP contribution is 2.63. The highest BCUT2D eigenvalue weighted by molar-refractivity contribution is 5.96. The van der Waals surface area contributed by atoms with Gasteiger partial charge in [0.25, 0.3) is 0 Å². The van der Waals surface area contributed by atoms with Gasteiger partial charge in [-0.25, -0.2) is 0 Å². The Labute approximate surface area is 321 Å². The van der Waals surface area contributed by atoms with Crippen molar-refractivity contribution in [2.75, 3.05) is 4.90 Å². The third-order valence-electron chi connectivity index (χ3n) is 11.5. The van der Waals surface area contributed by atoms with Gasteiger partial charge in [0.15, 0.2) is 0 Å². The van der Waals surface area contributed by atoms with Crippen LogP contribution in [-0.4, -0.2) is 0 Å². The van der Waals surface area contributed by atoms with Crippen LogP contribution in [0.1, 0.15) is 22.3 Å². The van der Waals surface area contributed by atoms with Gasteiger partial charge in [0.05, 0.1) is 11.1 Å². The zero-order chi connectivity index (χ0) is 36.3. The van der Waals surface area contributed by atoms with E-state index in [1.165, 1.54) is 61.0 Å². The van der Waals surface area contributed by atoms with E-state index in [0.717, 1.165) is 33.9 Å². The van der Waals surface area contributed by atoms with Gasteiger partial charge in [-0.15, -0.1) is 0 Å². The Bertz CT molecular complexity index is 2900. The summed E-state index contributed by atoms with van der Waals surface area (Å²) >= 11 is 0. The lowest BCUT2D eigenvalue weighted by molar-refractivity contribution is 0.442. The monoisotopic (exact) mass is 701 g/mol. The van der Waals surface area contributed by atoms with Crippen LogP contribution in [-0.2, 0) is 5.41 Å². The predicted molar refractivity (Wildman–Crippen MR) is 227 cm³/mol. The standard InChI is InChI=1S/C53H35NO/c1-3-15-37(16-4-1)42-20-10-13-25-50(42)54(40-18-5-2-6-19-40)41-31-27-36(28-32-41)39-29-33-45-44-22-9-11-23-46(44)53(49(45)35-39)47-24-12-14-26-51(47)55-52-43-21-8-7-17-38(43)30-34-48(52)53/h1-35H. The number of anilines is 3. The van der Waals surface area contributed by atoms with Gasteiger partial charge in [0.1, 0.15) is 11.5 Å². The second-order valence-electron chi connectivity index (χ2n) is 14.4. The lowest BCUT2D eigenvalue weighted by Gasteiger charge is -2.40. The Morgan fingerprint density at radius 1 is 0.364 bits per heavy atom. The lowest BCUT2D eigenvalue weighted by Crippen LogP contribution is -2.32. The molecular formula is C53H35NO. The van der Waals surface area contributed by atoms with Crippen LogP contribution in [0.3, 0.4) is 0 Å². The number of para-hydroxylation sites is 3. The van der Waals surface area contributed by atoms with Crippen LogP contribution >= 0.6 is 0 Å². The zero-order valence-corrected chi connectivity index (χ0v) is 30.1. The van der Waals surface area contributed by atoms with Gasteiger partial charge in [-0.2, -0.15) is 0 Å². The van der Waals surface area contributed by atoms with E-state index in [1.54, 1.807) is 0 Å². The Kier molecular flexibility index (Phi) is 7.11. The van der Waals surface area contributed by atoms with Crippen LogP contribution in [0, 0.1) is 0 Å². The van der Waals surface area contributed by atoms with Gasteiger partial charge in [-0.3, -0.25) is 0 Å². The molecule has 0 bridgehead atoms. The first-order valence-corrected chi connectivity index (χ1v) is 18.9. The van der Waals surface area contributed by atoms with Crippen molar-refractivity contribution in [2.45, 2.75) is 5.41 Å². The molecule has 55 heavy (non-hydrogen) atoms. The molecule has 1 unspecified atom stereocenters.